The van der Waals surface area contributed by atoms with Crippen molar-refractivity contribution >= 4 is 11.9 Å². The highest BCUT2D eigenvalue weighted by Crippen LogP contribution is 2.41. The van der Waals surface area contributed by atoms with Gasteiger partial charge in [-0.3, -0.25) is 4.79 Å². The second-order valence-corrected chi connectivity index (χ2v) is 6.97. The highest BCUT2D eigenvalue weighted by Gasteiger charge is 2.35. The van der Waals surface area contributed by atoms with Crippen molar-refractivity contribution in [3.05, 3.63) is 59.3 Å². The molecule has 1 aliphatic rings. The van der Waals surface area contributed by atoms with Crippen molar-refractivity contribution in [2.45, 2.75) is 13.0 Å². The lowest BCUT2D eigenvalue weighted by Crippen LogP contribution is -2.32. The summed E-state index contributed by atoms with van der Waals surface area (Å²) in [5.41, 5.74) is 8.23. The molecule has 0 aliphatic carbocycles. The highest BCUT2D eigenvalue weighted by atomic mass is 16.5. The molecule has 1 unspecified atom stereocenters. The Kier molecular flexibility index (Phi) is 5.24. The van der Waals surface area contributed by atoms with Crippen LogP contribution in [0.5, 0.6) is 17.2 Å². The van der Waals surface area contributed by atoms with Crippen LogP contribution in [-0.2, 0) is 4.79 Å². The number of nitrogens with two attached hydrogens (primary N) is 1. The molecule has 0 spiro atoms. The van der Waals surface area contributed by atoms with E-state index in [-0.39, 0.29) is 0 Å². The molecule has 1 aromatic heterocycles. The summed E-state index contributed by atoms with van der Waals surface area (Å²) >= 11 is 0. The number of allylic oxidation sites excluding steroid dienone is 1. The summed E-state index contributed by atoms with van der Waals surface area (Å²) in [5, 5.41) is 7.84. The Labute approximate surface area is 179 Å². The van der Waals surface area contributed by atoms with Gasteiger partial charge in [-0.2, -0.15) is 4.98 Å². The molecule has 31 heavy (non-hydrogen) atoms. The lowest BCUT2D eigenvalue weighted by molar-refractivity contribution is -0.115. The van der Waals surface area contributed by atoms with Gasteiger partial charge in [0.2, 0.25) is 11.9 Å². The smallest absolute Gasteiger partial charge is 0.248 e. The topological polar surface area (TPSA) is 114 Å². The van der Waals surface area contributed by atoms with Crippen LogP contribution in [0.4, 0.5) is 5.95 Å². The number of anilines is 1. The number of hydrogen-bond acceptors (Lipinski definition) is 7. The molecule has 0 bridgehead atoms. The van der Waals surface area contributed by atoms with Crippen molar-refractivity contribution in [1.29, 1.82) is 0 Å². The molecule has 4 rings (SSSR count). The number of amides is 1. The number of nitrogens with zero attached hydrogens (tertiary/aromatic N) is 3. The quantitative estimate of drug-likeness (QED) is 0.629. The monoisotopic (exact) mass is 421 g/mol. The van der Waals surface area contributed by atoms with Gasteiger partial charge in [-0.1, -0.05) is 0 Å². The van der Waals surface area contributed by atoms with E-state index < -0.39 is 11.9 Å². The van der Waals surface area contributed by atoms with Crippen molar-refractivity contribution in [2.75, 3.05) is 26.6 Å². The zero-order valence-corrected chi connectivity index (χ0v) is 17.7. The average molecular weight is 421 g/mol. The number of aromatic nitrogens is 3. The predicted molar refractivity (Wildman–Crippen MR) is 115 cm³/mol. The number of carbonyl (C=O) groups is 1. The van der Waals surface area contributed by atoms with Gasteiger partial charge < -0.3 is 25.3 Å². The van der Waals surface area contributed by atoms with Gasteiger partial charge in [0, 0.05) is 16.8 Å². The van der Waals surface area contributed by atoms with Crippen LogP contribution in [0.1, 0.15) is 18.5 Å². The van der Waals surface area contributed by atoms with Gasteiger partial charge in [-0.15, -0.1) is 5.10 Å². The summed E-state index contributed by atoms with van der Waals surface area (Å²) in [6, 6.07) is 12.2. The Morgan fingerprint density at radius 2 is 1.71 bits per heavy atom. The van der Waals surface area contributed by atoms with Crippen LogP contribution in [-0.4, -0.2) is 42.0 Å². The van der Waals surface area contributed by atoms with Gasteiger partial charge in [-0.05, 0) is 49.4 Å². The molecule has 0 radical (unpaired) electrons. The number of carbonyl (C=O) groups excluding carboxylic acids is 1. The van der Waals surface area contributed by atoms with E-state index in [0.717, 1.165) is 11.3 Å². The van der Waals surface area contributed by atoms with E-state index in [2.05, 4.69) is 10.3 Å². The fourth-order valence-corrected chi connectivity index (χ4v) is 3.67. The normalized spacial score (nSPS) is 15.2. The Balaban J connectivity index is 1.90. The number of benzene rings is 2. The summed E-state index contributed by atoms with van der Waals surface area (Å²) in [7, 11) is 4.75. The summed E-state index contributed by atoms with van der Waals surface area (Å²) in [4.78, 5) is 17.1. The SMILES string of the molecule is COc1ccc(-c2nc3n(n2)C(c2cc(OC)ccc2OC)C(C(N)=O)=C(C)N3)cc1. The molecule has 0 saturated carbocycles. The fraction of sp³-hybridized carbons (Fsp3) is 0.227. The Bertz CT molecular complexity index is 1170. The van der Waals surface area contributed by atoms with E-state index in [1.54, 1.807) is 45.1 Å². The second kappa shape index (κ2) is 8.02. The van der Waals surface area contributed by atoms with Crippen molar-refractivity contribution in [3.63, 3.8) is 0 Å². The minimum Gasteiger partial charge on any atom is -0.497 e. The molecule has 9 heteroatoms. The Hall–Kier alpha value is -4.01. The van der Waals surface area contributed by atoms with Crippen LogP contribution in [0.3, 0.4) is 0 Å². The third-order valence-electron chi connectivity index (χ3n) is 5.20. The van der Waals surface area contributed by atoms with E-state index in [1.807, 2.05) is 30.3 Å². The first kappa shape index (κ1) is 20.3. The van der Waals surface area contributed by atoms with Crippen LogP contribution < -0.4 is 25.3 Å². The first-order valence-electron chi connectivity index (χ1n) is 9.57. The molecule has 0 saturated heterocycles. The minimum absolute atomic E-state index is 0.366. The molecule has 0 fully saturated rings. The summed E-state index contributed by atoms with van der Waals surface area (Å²) in [5.74, 6) is 2.35. The number of hydrogen-bond donors (Lipinski definition) is 2. The molecule has 9 nitrogen and oxygen atoms in total. The van der Waals surface area contributed by atoms with Crippen LogP contribution in [0.15, 0.2) is 53.7 Å². The van der Waals surface area contributed by atoms with Crippen molar-refractivity contribution in [2.24, 2.45) is 5.73 Å². The fourth-order valence-electron chi connectivity index (χ4n) is 3.67. The maximum absolute atomic E-state index is 12.4. The third kappa shape index (κ3) is 3.54. The van der Waals surface area contributed by atoms with Gasteiger partial charge in [0.15, 0.2) is 5.82 Å². The molecule has 1 amide bonds. The zero-order chi connectivity index (χ0) is 22.1. The zero-order valence-electron chi connectivity index (χ0n) is 17.7. The van der Waals surface area contributed by atoms with Gasteiger partial charge >= 0.3 is 0 Å². The van der Waals surface area contributed by atoms with E-state index in [4.69, 9.17) is 25.0 Å². The largest absolute Gasteiger partial charge is 0.497 e. The molecule has 2 aromatic carbocycles. The van der Waals surface area contributed by atoms with Crippen LogP contribution in [0.25, 0.3) is 11.4 Å². The number of rotatable bonds is 6. The molecule has 2 heterocycles. The Morgan fingerprint density at radius 3 is 2.32 bits per heavy atom. The van der Waals surface area contributed by atoms with E-state index in [1.165, 1.54) is 0 Å². The number of methoxy groups -OCH3 is 3. The van der Waals surface area contributed by atoms with Crippen molar-refractivity contribution in [3.8, 4) is 28.6 Å². The minimum atomic E-state index is -0.640. The molecule has 160 valence electrons. The van der Waals surface area contributed by atoms with E-state index >= 15 is 0 Å². The molecular weight excluding hydrogens is 398 g/mol. The van der Waals surface area contributed by atoms with Gasteiger partial charge in [0.1, 0.15) is 23.3 Å². The second-order valence-electron chi connectivity index (χ2n) is 6.97. The van der Waals surface area contributed by atoms with Gasteiger partial charge in [-0.25, -0.2) is 4.68 Å². The molecular formula is C22H23N5O4. The van der Waals surface area contributed by atoms with Gasteiger partial charge in [0.25, 0.3) is 0 Å². The summed E-state index contributed by atoms with van der Waals surface area (Å²) in [6.45, 7) is 1.78. The summed E-state index contributed by atoms with van der Waals surface area (Å²) < 4.78 is 17.8. The first-order chi connectivity index (χ1) is 15.0. The molecule has 3 aromatic rings. The van der Waals surface area contributed by atoms with Crippen LogP contribution in [0.2, 0.25) is 0 Å². The molecule has 1 aliphatic heterocycles. The van der Waals surface area contributed by atoms with Gasteiger partial charge in [0.05, 0.1) is 26.9 Å². The first-order valence-corrected chi connectivity index (χ1v) is 9.57. The molecule has 1 atom stereocenters. The predicted octanol–water partition coefficient (Wildman–Crippen LogP) is 2.75. The van der Waals surface area contributed by atoms with Crippen LogP contribution in [0, 0.1) is 0 Å². The Morgan fingerprint density at radius 1 is 1.03 bits per heavy atom. The maximum Gasteiger partial charge on any atom is 0.248 e. The lowest BCUT2D eigenvalue weighted by Gasteiger charge is -2.28. The highest BCUT2D eigenvalue weighted by molar-refractivity contribution is 5.95. The number of ether oxygens (including phenoxy) is 3. The number of fused-ring (bicyclic) bond motifs is 1. The van der Waals surface area contributed by atoms with Crippen LogP contribution >= 0.6 is 0 Å². The number of primary amides is 1. The number of nitrogens with one attached hydrogen (secondary N) is 1. The standard InChI is InChI=1S/C22H23N5O4/c1-12-18(20(23)28)19(16-11-15(30-3)9-10-17(16)31-4)27-22(24-12)25-21(26-27)13-5-7-14(29-2)8-6-13/h5-11,19H,1-4H3,(H2,23,28)(H,24,25,26). The molecule has 3 N–H and O–H groups in total. The van der Waals surface area contributed by atoms with Crippen molar-refractivity contribution < 1.29 is 19.0 Å². The summed E-state index contributed by atoms with van der Waals surface area (Å²) in [6.07, 6.45) is 0. The van der Waals surface area contributed by atoms with Crippen molar-refractivity contribution in [1.82, 2.24) is 14.8 Å². The third-order valence-corrected chi connectivity index (χ3v) is 5.20. The average Bonchev–Trinajstić information content (AvgIpc) is 3.21. The maximum atomic E-state index is 12.4. The van der Waals surface area contributed by atoms with E-state index in [0.29, 0.717) is 40.1 Å². The van der Waals surface area contributed by atoms with E-state index in [9.17, 15) is 4.79 Å². The lowest BCUT2D eigenvalue weighted by atomic mass is 9.94.